The summed E-state index contributed by atoms with van der Waals surface area (Å²) in [7, 11) is 0. The number of aromatic nitrogens is 1. The fourth-order valence-corrected chi connectivity index (χ4v) is 4.48. The van der Waals surface area contributed by atoms with Crippen molar-refractivity contribution in [1.82, 2.24) is 4.98 Å². The van der Waals surface area contributed by atoms with Crippen LogP contribution in [0.3, 0.4) is 0 Å². The van der Waals surface area contributed by atoms with E-state index < -0.39 is 0 Å². The van der Waals surface area contributed by atoms with Crippen LogP contribution in [-0.4, -0.2) is 10.9 Å². The molecular weight excluding hydrogens is 340 g/mol. The third-order valence-corrected chi connectivity index (χ3v) is 5.80. The monoisotopic (exact) mass is 362 g/mol. The maximum atomic E-state index is 12.6. The predicted molar refractivity (Wildman–Crippen MR) is 108 cm³/mol. The van der Waals surface area contributed by atoms with Crippen molar-refractivity contribution < 1.29 is 4.79 Å². The number of benzene rings is 2. The molecule has 1 N–H and O–H groups in total. The molecule has 2 aromatic carbocycles. The molecule has 0 spiro atoms. The van der Waals surface area contributed by atoms with Crippen LogP contribution in [0.2, 0.25) is 0 Å². The molecule has 1 aliphatic rings. The number of fused-ring (bicyclic) bond motifs is 1. The van der Waals surface area contributed by atoms with Crippen LogP contribution in [0.5, 0.6) is 0 Å². The van der Waals surface area contributed by atoms with E-state index >= 15 is 0 Å². The number of nitrogens with zero attached hydrogens (tertiary/aromatic N) is 1. The predicted octanol–water partition coefficient (Wildman–Crippen LogP) is 5.10. The van der Waals surface area contributed by atoms with Gasteiger partial charge in [0.2, 0.25) is 5.91 Å². The van der Waals surface area contributed by atoms with E-state index in [9.17, 15) is 4.79 Å². The molecule has 1 aromatic heterocycles. The second-order valence-corrected chi connectivity index (χ2v) is 8.22. The molecule has 132 valence electrons. The minimum Gasteiger partial charge on any atom is -0.326 e. The minimum atomic E-state index is 0.0139. The fraction of sp³-hybridized carbons (Fsp3) is 0.273. The van der Waals surface area contributed by atoms with Gasteiger partial charge in [0.05, 0.1) is 17.1 Å². The first kappa shape index (κ1) is 17.0. The molecular formula is C22H22N2OS. The summed E-state index contributed by atoms with van der Waals surface area (Å²) < 4.78 is 0. The smallest absolute Gasteiger partial charge is 0.229 e. The van der Waals surface area contributed by atoms with E-state index in [1.807, 2.05) is 13.0 Å². The number of rotatable bonds is 4. The lowest BCUT2D eigenvalue weighted by molar-refractivity contribution is -0.115. The summed E-state index contributed by atoms with van der Waals surface area (Å²) in [5.41, 5.74) is 6.90. The number of carbonyl (C=O) groups excluding carboxylic acids is 1. The molecule has 0 unspecified atom stereocenters. The molecule has 1 amide bonds. The van der Waals surface area contributed by atoms with Crippen molar-refractivity contribution in [2.75, 3.05) is 5.32 Å². The van der Waals surface area contributed by atoms with Gasteiger partial charge in [0, 0.05) is 16.1 Å². The molecule has 1 aliphatic carbocycles. The third-order valence-electron chi connectivity index (χ3n) is 4.83. The molecule has 4 rings (SSSR count). The molecule has 3 aromatic rings. The molecule has 0 saturated carbocycles. The number of aryl methyl sites for hydroxylation is 4. The van der Waals surface area contributed by atoms with E-state index in [1.54, 1.807) is 11.3 Å². The molecule has 1 heterocycles. The van der Waals surface area contributed by atoms with Gasteiger partial charge in [-0.05, 0) is 56.4 Å². The Hall–Kier alpha value is -2.46. The van der Waals surface area contributed by atoms with Crippen molar-refractivity contribution in [2.24, 2.45) is 0 Å². The van der Waals surface area contributed by atoms with Crippen molar-refractivity contribution >= 4 is 22.9 Å². The van der Waals surface area contributed by atoms with Gasteiger partial charge in [0.1, 0.15) is 0 Å². The number of anilines is 1. The van der Waals surface area contributed by atoms with E-state index in [0.29, 0.717) is 6.42 Å². The normalized spacial score (nSPS) is 12.8. The zero-order valence-corrected chi connectivity index (χ0v) is 16.0. The Morgan fingerprint density at radius 2 is 1.85 bits per heavy atom. The van der Waals surface area contributed by atoms with Gasteiger partial charge in [-0.3, -0.25) is 4.79 Å². The Kier molecular flexibility index (Phi) is 4.60. The summed E-state index contributed by atoms with van der Waals surface area (Å²) in [5, 5.41) is 4.04. The largest absolute Gasteiger partial charge is 0.326 e. The van der Waals surface area contributed by atoms with E-state index in [1.165, 1.54) is 23.1 Å². The van der Waals surface area contributed by atoms with Crippen LogP contribution in [0.4, 0.5) is 5.69 Å². The van der Waals surface area contributed by atoms with Gasteiger partial charge in [0.25, 0.3) is 0 Å². The molecule has 26 heavy (non-hydrogen) atoms. The van der Waals surface area contributed by atoms with Crippen LogP contribution in [-0.2, 0) is 24.1 Å². The zero-order chi connectivity index (χ0) is 18.1. The average molecular weight is 362 g/mol. The highest BCUT2D eigenvalue weighted by Crippen LogP contribution is 2.29. The van der Waals surface area contributed by atoms with Crippen molar-refractivity contribution in [2.45, 2.75) is 39.5 Å². The SMILES string of the molecule is Cc1ccc(-c2nc(C)sc2CC(=O)Nc2ccc3c(c2)CCC3)cc1. The number of hydrogen-bond acceptors (Lipinski definition) is 3. The van der Waals surface area contributed by atoms with Crippen molar-refractivity contribution in [3.63, 3.8) is 0 Å². The van der Waals surface area contributed by atoms with Crippen LogP contribution in [0.15, 0.2) is 42.5 Å². The highest BCUT2D eigenvalue weighted by molar-refractivity contribution is 7.12. The third kappa shape index (κ3) is 3.56. The highest BCUT2D eigenvalue weighted by atomic mass is 32.1. The second kappa shape index (κ2) is 7.04. The Balaban J connectivity index is 1.52. The summed E-state index contributed by atoms with van der Waals surface area (Å²) in [5.74, 6) is 0.0139. The molecule has 0 bridgehead atoms. The number of thiazole rings is 1. The molecule has 0 radical (unpaired) electrons. The second-order valence-electron chi connectivity index (χ2n) is 6.93. The molecule has 0 aliphatic heterocycles. The van der Waals surface area contributed by atoms with Crippen LogP contribution in [0, 0.1) is 13.8 Å². The Morgan fingerprint density at radius 3 is 2.65 bits per heavy atom. The first-order valence-electron chi connectivity index (χ1n) is 9.03. The molecule has 3 nitrogen and oxygen atoms in total. The topological polar surface area (TPSA) is 42.0 Å². The maximum absolute atomic E-state index is 12.6. The first-order chi connectivity index (χ1) is 12.6. The van der Waals surface area contributed by atoms with E-state index in [2.05, 4.69) is 53.6 Å². The summed E-state index contributed by atoms with van der Waals surface area (Å²) in [4.78, 5) is 18.3. The summed E-state index contributed by atoms with van der Waals surface area (Å²) >= 11 is 1.60. The zero-order valence-electron chi connectivity index (χ0n) is 15.1. The van der Waals surface area contributed by atoms with Crippen molar-refractivity contribution in [3.05, 3.63) is 69.0 Å². The lowest BCUT2D eigenvalue weighted by Crippen LogP contribution is -2.14. The first-order valence-corrected chi connectivity index (χ1v) is 9.85. The number of amides is 1. The van der Waals surface area contributed by atoms with Gasteiger partial charge >= 0.3 is 0 Å². The van der Waals surface area contributed by atoms with Gasteiger partial charge in [0.15, 0.2) is 0 Å². The number of nitrogens with one attached hydrogen (secondary N) is 1. The Bertz CT molecular complexity index is 957. The van der Waals surface area contributed by atoms with Gasteiger partial charge in [-0.15, -0.1) is 11.3 Å². The number of hydrogen-bond donors (Lipinski definition) is 1. The molecule has 0 atom stereocenters. The van der Waals surface area contributed by atoms with Crippen LogP contribution in [0.1, 0.15) is 33.0 Å². The average Bonchev–Trinajstić information content (AvgIpc) is 3.21. The molecule has 0 saturated heterocycles. The van der Waals surface area contributed by atoms with E-state index in [-0.39, 0.29) is 5.91 Å². The fourth-order valence-electron chi connectivity index (χ4n) is 3.53. The standard InChI is InChI=1S/C22H22N2OS/c1-14-6-8-17(9-7-14)22-20(26-15(2)23-22)13-21(25)24-19-11-10-16-4-3-5-18(16)12-19/h6-12H,3-5,13H2,1-2H3,(H,24,25). The Labute approximate surface area is 158 Å². The summed E-state index contributed by atoms with van der Waals surface area (Å²) in [6.45, 7) is 4.06. The Morgan fingerprint density at radius 1 is 1.08 bits per heavy atom. The van der Waals surface area contributed by atoms with Crippen LogP contribution >= 0.6 is 11.3 Å². The van der Waals surface area contributed by atoms with Gasteiger partial charge in [-0.25, -0.2) is 4.98 Å². The highest BCUT2D eigenvalue weighted by Gasteiger charge is 2.16. The minimum absolute atomic E-state index is 0.0139. The lowest BCUT2D eigenvalue weighted by Gasteiger charge is -2.08. The quantitative estimate of drug-likeness (QED) is 0.702. The van der Waals surface area contributed by atoms with Gasteiger partial charge in [-0.1, -0.05) is 35.9 Å². The van der Waals surface area contributed by atoms with Gasteiger partial charge < -0.3 is 5.32 Å². The summed E-state index contributed by atoms with van der Waals surface area (Å²) in [6, 6.07) is 14.6. The van der Waals surface area contributed by atoms with Gasteiger partial charge in [-0.2, -0.15) is 0 Å². The maximum Gasteiger partial charge on any atom is 0.229 e. The van der Waals surface area contributed by atoms with Crippen molar-refractivity contribution in [1.29, 1.82) is 0 Å². The lowest BCUT2D eigenvalue weighted by atomic mass is 10.1. The van der Waals surface area contributed by atoms with E-state index in [0.717, 1.165) is 39.7 Å². The molecule has 4 heteroatoms. The van der Waals surface area contributed by atoms with Crippen LogP contribution < -0.4 is 5.32 Å². The molecule has 0 fully saturated rings. The van der Waals surface area contributed by atoms with Crippen molar-refractivity contribution in [3.8, 4) is 11.3 Å². The van der Waals surface area contributed by atoms with E-state index in [4.69, 9.17) is 0 Å². The summed E-state index contributed by atoms with van der Waals surface area (Å²) in [6.07, 6.45) is 3.84. The number of carbonyl (C=O) groups is 1. The van der Waals surface area contributed by atoms with Crippen LogP contribution in [0.25, 0.3) is 11.3 Å².